The summed E-state index contributed by atoms with van der Waals surface area (Å²) in [5, 5.41) is 2.93. The van der Waals surface area contributed by atoms with Crippen molar-refractivity contribution in [2.75, 3.05) is 19.0 Å². The van der Waals surface area contributed by atoms with E-state index in [2.05, 4.69) is 15.3 Å². The number of rotatable bonds is 7. The van der Waals surface area contributed by atoms with E-state index in [0.717, 1.165) is 22.6 Å². The molecular weight excluding hydrogens is 380 g/mol. The Balaban J connectivity index is 1.59. The second kappa shape index (κ2) is 8.65. The largest absolute Gasteiger partial charge is 0.496 e. The van der Waals surface area contributed by atoms with Gasteiger partial charge in [0.15, 0.2) is 5.65 Å². The van der Waals surface area contributed by atoms with Crippen molar-refractivity contribution in [1.82, 2.24) is 14.4 Å². The predicted octanol–water partition coefficient (Wildman–Crippen LogP) is 3.98. The number of anilines is 1. The summed E-state index contributed by atoms with van der Waals surface area (Å²) in [5.41, 5.74) is 3.14. The molecule has 0 unspecified atom stereocenters. The van der Waals surface area contributed by atoms with Gasteiger partial charge in [0.2, 0.25) is 5.91 Å². The molecule has 0 aliphatic rings. The fourth-order valence-electron chi connectivity index (χ4n) is 3.25. The molecule has 1 N–H and O–H groups in total. The Morgan fingerprint density at radius 1 is 1.10 bits per heavy atom. The summed E-state index contributed by atoms with van der Waals surface area (Å²) >= 11 is 0. The maximum Gasteiger partial charge on any atom is 0.230 e. The highest BCUT2D eigenvalue weighted by atomic mass is 16.5. The number of methoxy groups -OCH3 is 1. The molecule has 152 valence electrons. The number of para-hydroxylation sites is 1. The van der Waals surface area contributed by atoms with Crippen LogP contribution in [-0.4, -0.2) is 34.0 Å². The minimum Gasteiger partial charge on any atom is -0.496 e. The third-order valence-corrected chi connectivity index (χ3v) is 4.65. The number of imidazole rings is 1. The zero-order valence-electron chi connectivity index (χ0n) is 16.8. The predicted molar refractivity (Wildman–Crippen MR) is 115 cm³/mol. The van der Waals surface area contributed by atoms with Gasteiger partial charge in [0.1, 0.15) is 17.3 Å². The Morgan fingerprint density at radius 2 is 1.97 bits per heavy atom. The molecule has 0 bridgehead atoms. The van der Waals surface area contributed by atoms with Crippen molar-refractivity contribution in [3.8, 4) is 22.8 Å². The lowest BCUT2D eigenvalue weighted by Gasteiger charge is -2.09. The number of fused-ring (bicyclic) bond motifs is 1. The fourth-order valence-corrected chi connectivity index (χ4v) is 3.25. The van der Waals surface area contributed by atoms with Crippen molar-refractivity contribution in [3.05, 3.63) is 72.7 Å². The average molecular weight is 402 g/mol. The first-order valence-electron chi connectivity index (χ1n) is 9.66. The second-order valence-corrected chi connectivity index (χ2v) is 6.64. The molecule has 0 radical (unpaired) electrons. The van der Waals surface area contributed by atoms with Gasteiger partial charge in [-0.05, 0) is 25.1 Å². The van der Waals surface area contributed by atoms with Crippen molar-refractivity contribution in [2.45, 2.75) is 13.3 Å². The quantitative estimate of drug-likeness (QED) is 0.506. The van der Waals surface area contributed by atoms with E-state index in [1.54, 1.807) is 19.5 Å². The molecule has 0 spiro atoms. The average Bonchev–Trinajstić information content (AvgIpc) is 3.16. The Labute approximate surface area is 174 Å². The van der Waals surface area contributed by atoms with Gasteiger partial charge >= 0.3 is 0 Å². The number of hydrogen-bond donors (Lipinski definition) is 1. The lowest BCUT2D eigenvalue weighted by atomic mass is 10.1. The van der Waals surface area contributed by atoms with Crippen molar-refractivity contribution < 1.29 is 14.3 Å². The highest BCUT2D eigenvalue weighted by Gasteiger charge is 2.12. The molecule has 1 amide bonds. The normalized spacial score (nSPS) is 10.7. The number of carbonyl (C=O) groups is 1. The molecule has 7 nitrogen and oxygen atoms in total. The maximum absolute atomic E-state index is 12.6. The topological polar surface area (TPSA) is 77.8 Å². The summed E-state index contributed by atoms with van der Waals surface area (Å²) in [6, 6.07) is 15.2. The van der Waals surface area contributed by atoms with Crippen LogP contribution < -0.4 is 14.8 Å². The molecule has 4 rings (SSSR count). The summed E-state index contributed by atoms with van der Waals surface area (Å²) in [7, 11) is 1.59. The Hall–Kier alpha value is -3.87. The summed E-state index contributed by atoms with van der Waals surface area (Å²) in [6.07, 6.45) is 5.35. The minimum absolute atomic E-state index is 0.155. The maximum atomic E-state index is 12.6. The van der Waals surface area contributed by atoms with Gasteiger partial charge in [-0.25, -0.2) is 4.98 Å². The SMILES string of the molecule is CCOc1cccc(-c2cn3c(NC(=O)Cc4ccccc4OC)cnc3cn2)c1. The van der Waals surface area contributed by atoms with E-state index < -0.39 is 0 Å². The Kier molecular flexibility index (Phi) is 5.61. The lowest BCUT2D eigenvalue weighted by molar-refractivity contribution is -0.115. The van der Waals surface area contributed by atoms with E-state index in [-0.39, 0.29) is 12.3 Å². The lowest BCUT2D eigenvalue weighted by Crippen LogP contribution is -2.16. The molecular formula is C23H22N4O3. The minimum atomic E-state index is -0.155. The van der Waals surface area contributed by atoms with E-state index in [0.29, 0.717) is 23.8 Å². The van der Waals surface area contributed by atoms with Crippen LogP contribution in [0.4, 0.5) is 5.82 Å². The smallest absolute Gasteiger partial charge is 0.230 e. The summed E-state index contributed by atoms with van der Waals surface area (Å²) in [4.78, 5) is 21.4. The molecule has 30 heavy (non-hydrogen) atoms. The highest BCUT2D eigenvalue weighted by Crippen LogP contribution is 2.24. The van der Waals surface area contributed by atoms with Crippen molar-refractivity contribution >= 4 is 17.4 Å². The molecule has 0 saturated heterocycles. The number of benzene rings is 2. The molecule has 0 aliphatic heterocycles. The molecule has 0 fully saturated rings. The van der Waals surface area contributed by atoms with Crippen molar-refractivity contribution in [2.24, 2.45) is 0 Å². The van der Waals surface area contributed by atoms with Crippen LogP contribution in [0.15, 0.2) is 67.1 Å². The summed E-state index contributed by atoms with van der Waals surface area (Å²) < 4.78 is 12.7. The zero-order chi connectivity index (χ0) is 20.9. The number of nitrogens with zero attached hydrogens (tertiary/aromatic N) is 3. The molecule has 0 aliphatic carbocycles. The van der Waals surface area contributed by atoms with Gasteiger partial charge in [-0.1, -0.05) is 30.3 Å². The zero-order valence-corrected chi connectivity index (χ0v) is 16.8. The third kappa shape index (κ3) is 4.10. The van der Waals surface area contributed by atoms with Gasteiger partial charge in [0.05, 0.1) is 38.2 Å². The van der Waals surface area contributed by atoms with Gasteiger partial charge < -0.3 is 14.8 Å². The number of amides is 1. The van der Waals surface area contributed by atoms with Crippen LogP contribution in [0, 0.1) is 0 Å². The summed E-state index contributed by atoms with van der Waals surface area (Å²) in [5.74, 6) is 1.90. The molecule has 2 aromatic heterocycles. The van der Waals surface area contributed by atoms with Crippen LogP contribution in [-0.2, 0) is 11.2 Å². The van der Waals surface area contributed by atoms with E-state index in [9.17, 15) is 4.79 Å². The highest BCUT2D eigenvalue weighted by molar-refractivity contribution is 5.92. The Morgan fingerprint density at radius 3 is 2.80 bits per heavy atom. The molecule has 2 heterocycles. The number of aromatic nitrogens is 3. The van der Waals surface area contributed by atoms with Crippen molar-refractivity contribution in [3.63, 3.8) is 0 Å². The van der Waals surface area contributed by atoms with Crippen LogP contribution >= 0.6 is 0 Å². The molecule has 2 aromatic carbocycles. The van der Waals surface area contributed by atoms with E-state index >= 15 is 0 Å². The Bertz CT molecular complexity index is 1190. The molecule has 0 atom stereocenters. The number of ether oxygens (including phenoxy) is 2. The number of nitrogens with one attached hydrogen (secondary N) is 1. The number of hydrogen-bond acceptors (Lipinski definition) is 5. The van der Waals surface area contributed by atoms with Crippen LogP contribution in [0.1, 0.15) is 12.5 Å². The third-order valence-electron chi connectivity index (χ3n) is 4.65. The second-order valence-electron chi connectivity index (χ2n) is 6.64. The number of carbonyl (C=O) groups excluding carboxylic acids is 1. The van der Waals surface area contributed by atoms with Gasteiger partial charge in [-0.15, -0.1) is 0 Å². The van der Waals surface area contributed by atoms with Gasteiger partial charge in [0, 0.05) is 17.3 Å². The first-order chi connectivity index (χ1) is 14.7. The standard InChI is InChI=1S/C23H22N4O3/c1-3-30-18-9-6-8-16(11-18)19-15-27-21(13-24-19)25-14-22(27)26-23(28)12-17-7-4-5-10-20(17)29-2/h4-11,13-15H,3,12H2,1-2H3,(H,26,28). The van der Waals surface area contributed by atoms with Crippen LogP contribution in [0.2, 0.25) is 0 Å². The van der Waals surface area contributed by atoms with Crippen molar-refractivity contribution in [1.29, 1.82) is 0 Å². The van der Waals surface area contributed by atoms with Gasteiger partial charge in [-0.2, -0.15) is 0 Å². The van der Waals surface area contributed by atoms with E-state index in [1.807, 2.05) is 66.1 Å². The molecule has 7 heteroatoms. The monoisotopic (exact) mass is 402 g/mol. The molecule has 0 saturated carbocycles. The fraction of sp³-hybridized carbons (Fsp3) is 0.174. The van der Waals surface area contributed by atoms with E-state index in [4.69, 9.17) is 9.47 Å². The molecule has 4 aromatic rings. The first kappa shape index (κ1) is 19.4. The van der Waals surface area contributed by atoms with E-state index in [1.165, 1.54) is 0 Å². The van der Waals surface area contributed by atoms with Crippen LogP contribution in [0.25, 0.3) is 16.9 Å². The summed E-state index contributed by atoms with van der Waals surface area (Å²) in [6.45, 7) is 2.54. The van der Waals surface area contributed by atoms with Gasteiger partial charge in [-0.3, -0.25) is 14.2 Å². The van der Waals surface area contributed by atoms with Crippen LogP contribution in [0.5, 0.6) is 11.5 Å². The van der Waals surface area contributed by atoms with Gasteiger partial charge in [0.25, 0.3) is 0 Å². The first-order valence-corrected chi connectivity index (χ1v) is 9.66. The van der Waals surface area contributed by atoms with Crippen LogP contribution in [0.3, 0.4) is 0 Å².